The molecule has 1 fully saturated rings. The van der Waals surface area contributed by atoms with Gasteiger partial charge in [-0.15, -0.1) is 0 Å². The number of alkyl halides is 1. The van der Waals surface area contributed by atoms with Crippen molar-refractivity contribution in [2.45, 2.75) is 50.0 Å². The maximum Gasteiger partial charge on any atom is 0.338 e. The molecule has 1 saturated heterocycles. The first-order valence-corrected chi connectivity index (χ1v) is 5.94. The summed E-state index contributed by atoms with van der Waals surface area (Å²) in [6.07, 6.45) is -6.22. The van der Waals surface area contributed by atoms with E-state index < -0.39 is 54.6 Å². The highest BCUT2D eigenvalue weighted by Gasteiger charge is 2.56. The molecule has 7 atom stereocenters. The van der Waals surface area contributed by atoms with Crippen molar-refractivity contribution >= 4 is 5.97 Å². The van der Waals surface area contributed by atoms with Gasteiger partial charge >= 0.3 is 5.97 Å². The molecule has 1 aliphatic heterocycles. The van der Waals surface area contributed by atoms with E-state index in [2.05, 4.69) is 0 Å². The van der Waals surface area contributed by atoms with E-state index >= 15 is 0 Å². The van der Waals surface area contributed by atoms with Gasteiger partial charge in [0.1, 0.15) is 12.2 Å². The number of aliphatic carboxylic acids is 1. The SMILES string of the molecule is CC1C(N)C(F)C(C)(C(=O)O)OC1[C@H](O)[C@H](O)CO. The topological polar surface area (TPSA) is 133 Å². The molecule has 1 heterocycles. The van der Waals surface area contributed by atoms with Crippen LogP contribution in [0.3, 0.4) is 0 Å². The van der Waals surface area contributed by atoms with E-state index in [-0.39, 0.29) is 0 Å². The Bertz CT molecular complexity index is 339. The fourth-order valence-corrected chi connectivity index (χ4v) is 2.18. The van der Waals surface area contributed by atoms with Crippen LogP contribution in [0.25, 0.3) is 0 Å². The molecule has 0 aliphatic carbocycles. The van der Waals surface area contributed by atoms with Crippen LogP contribution in [0.4, 0.5) is 4.39 Å². The van der Waals surface area contributed by atoms with Crippen LogP contribution in [-0.4, -0.2) is 69.1 Å². The second-order valence-electron chi connectivity index (χ2n) is 5.07. The lowest BCUT2D eigenvalue weighted by atomic mass is 9.79. The first-order chi connectivity index (χ1) is 8.66. The Morgan fingerprint density at radius 1 is 1.53 bits per heavy atom. The van der Waals surface area contributed by atoms with Crippen molar-refractivity contribution in [3.05, 3.63) is 0 Å². The number of carboxylic acid groups (broad SMARTS) is 1. The van der Waals surface area contributed by atoms with E-state index in [1.165, 1.54) is 6.92 Å². The van der Waals surface area contributed by atoms with E-state index in [1.54, 1.807) is 0 Å². The highest BCUT2D eigenvalue weighted by Crippen LogP contribution is 2.36. The van der Waals surface area contributed by atoms with Gasteiger partial charge in [0.05, 0.1) is 12.7 Å². The number of carboxylic acids is 1. The number of hydrogen-bond acceptors (Lipinski definition) is 6. The van der Waals surface area contributed by atoms with E-state index in [1.807, 2.05) is 0 Å². The van der Waals surface area contributed by atoms with E-state index in [9.17, 15) is 19.4 Å². The summed E-state index contributed by atoms with van der Waals surface area (Å²) >= 11 is 0. The zero-order valence-electron chi connectivity index (χ0n) is 10.7. The Kier molecular flexibility index (Phi) is 4.86. The smallest absolute Gasteiger partial charge is 0.338 e. The minimum Gasteiger partial charge on any atom is -0.479 e. The molecular formula is C11H20FNO6. The molecular weight excluding hydrogens is 261 g/mol. The van der Waals surface area contributed by atoms with E-state index in [0.717, 1.165) is 6.92 Å². The van der Waals surface area contributed by atoms with Crippen molar-refractivity contribution in [2.75, 3.05) is 6.61 Å². The molecule has 0 radical (unpaired) electrons. The number of aliphatic hydroxyl groups is 3. The zero-order valence-corrected chi connectivity index (χ0v) is 10.7. The molecule has 1 rings (SSSR count). The molecule has 1 aliphatic rings. The molecule has 7 nitrogen and oxygen atoms in total. The monoisotopic (exact) mass is 281 g/mol. The minimum atomic E-state index is -2.20. The minimum absolute atomic E-state index is 0.723. The van der Waals surface area contributed by atoms with Gasteiger partial charge in [0.15, 0.2) is 11.8 Å². The van der Waals surface area contributed by atoms with Gasteiger partial charge in [0, 0.05) is 12.0 Å². The third-order valence-corrected chi connectivity index (χ3v) is 3.71. The van der Waals surface area contributed by atoms with E-state index in [4.69, 9.17) is 20.7 Å². The largest absolute Gasteiger partial charge is 0.479 e. The molecule has 0 saturated carbocycles. The summed E-state index contributed by atoms with van der Waals surface area (Å²) in [7, 11) is 0. The predicted molar refractivity (Wildman–Crippen MR) is 62.0 cm³/mol. The van der Waals surface area contributed by atoms with Gasteiger partial charge in [-0.1, -0.05) is 6.92 Å². The fraction of sp³-hybridized carbons (Fsp3) is 0.909. The molecule has 0 bridgehead atoms. The van der Waals surface area contributed by atoms with Crippen molar-refractivity contribution in [1.82, 2.24) is 0 Å². The summed E-state index contributed by atoms with van der Waals surface area (Å²) in [6.45, 7) is 1.78. The molecule has 5 unspecified atom stereocenters. The molecule has 112 valence electrons. The number of nitrogens with two attached hydrogens (primary N) is 1. The first-order valence-electron chi connectivity index (χ1n) is 5.94. The third-order valence-electron chi connectivity index (χ3n) is 3.71. The van der Waals surface area contributed by atoms with Gasteiger partial charge in [0.25, 0.3) is 0 Å². The summed E-state index contributed by atoms with van der Waals surface area (Å²) in [5.41, 5.74) is 3.43. The molecule has 6 N–H and O–H groups in total. The Morgan fingerprint density at radius 2 is 2.05 bits per heavy atom. The third kappa shape index (κ3) is 2.72. The van der Waals surface area contributed by atoms with Crippen LogP contribution in [-0.2, 0) is 9.53 Å². The Morgan fingerprint density at radius 3 is 2.47 bits per heavy atom. The lowest BCUT2D eigenvalue weighted by molar-refractivity contribution is -0.235. The molecule has 0 aromatic heterocycles. The molecule has 0 amide bonds. The fourth-order valence-electron chi connectivity index (χ4n) is 2.18. The summed E-state index contributed by atoms with van der Waals surface area (Å²) in [5.74, 6) is -2.27. The summed E-state index contributed by atoms with van der Waals surface area (Å²) in [5, 5.41) is 37.1. The lowest BCUT2D eigenvalue weighted by Crippen LogP contribution is -2.67. The van der Waals surface area contributed by atoms with Crippen LogP contribution >= 0.6 is 0 Å². The second kappa shape index (κ2) is 5.68. The lowest BCUT2D eigenvalue weighted by Gasteiger charge is -2.47. The van der Waals surface area contributed by atoms with Crippen molar-refractivity contribution < 1.29 is 34.3 Å². The Balaban J connectivity index is 3.04. The van der Waals surface area contributed by atoms with Crippen LogP contribution in [0.1, 0.15) is 13.8 Å². The van der Waals surface area contributed by atoms with Gasteiger partial charge < -0.3 is 30.9 Å². The average molecular weight is 281 g/mol. The molecule has 8 heteroatoms. The van der Waals surface area contributed by atoms with E-state index in [0.29, 0.717) is 0 Å². The van der Waals surface area contributed by atoms with Crippen LogP contribution in [0.15, 0.2) is 0 Å². The highest BCUT2D eigenvalue weighted by atomic mass is 19.1. The molecule has 0 spiro atoms. The Hall–Kier alpha value is -0.800. The maximum absolute atomic E-state index is 14.0. The van der Waals surface area contributed by atoms with Crippen molar-refractivity contribution in [2.24, 2.45) is 11.7 Å². The van der Waals surface area contributed by atoms with Crippen LogP contribution in [0.5, 0.6) is 0 Å². The summed E-state index contributed by atoms with van der Waals surface area (Å²) in [6, 6.07) is -1.17. The summed E-state index contributed by atoms with van der Waals surface area (Å²) < 4.78 is 19.2. The normalized spacial score (nSPS) is 42.7. The van der Waals surface area contributed by atoms with Crippen LogP contribution in [0.2, 0.25) is 0 Å². The highest BCUT2D eigenvalue weighted by molar-refractivity contribution is 5.78. The van der Waals surface area contributed by atoms with Crippen molar-refractivity contribution in [3.63, 3.8) is 0 Å². The van der Waals surface area contributed by atoms with Crippen LogP contribution in [0, 0.1) is 5.92 Å². The van der Waals surface area contributed by atoms with Gasteiger partial charge in [-0.25, -0.2) is 9.18 Å². The standard InChI is InChI=1S/C11H20FNO6/c1-4-6(13)9(12)11(2,10(17)18)19-8(4)7(16)5(15)3-14/h4-9,14-16H,3,13H2,1-2H3,(H,17,18)/t4?,5-,6?,7-,8?,9?,11?/m1/s1. The van der Waals surface area contributed by atoms with Crippen molar-refractivity contribution in [3.8, 4) is 0 Å². The summed E-state index contributed by atoms with van der Waals surface area (Å²) in [4.78, 5) is 11.1. The van der Waals surface area contributed by atoms with Gasteiger partial charge in [0.2, 0.25) is 0 Å². The molecule has 0 aromatic rings. The Labute approximate surface area is 109 Å². The average Bonchev–Trinajstić information content (AvgIpc) is 2.38. The zero-order chi connectivity index (χ0) is 15.0. The number of carbonyl (C=O) groups is 1. The number of halogens is 1. The number of hydrogen-bond donors (Lipinski definition) is 5. The van der Waals surface area contributed by atoms with Crippen LogP contribution < -0.4 is 5.73 Å². The first kappa shape index (κ1) is 16.3. The quantitative estimate of drug-likeness (QED) is 0.412. The predicted octanol–water partition coefficient (Wildman–Crippen LogP) is -1.76. The van der Waals surface area contributed by atoms with Gasteiger partial charge in [-0.3, -0.25) is 0 Å². The number of aliphatic hydroxyl groups excluding tert-OH is 3. The van der Waals surface area contributed by atoms with Gasteiger partial charge in [-0.2, -0.15) is 0 Å². The van der Waals surface area contributed by atoms with Crippen molar-refractivity contribution in [1.29, 1.82) is 0 Å². The maximum atomic E-state index is 14.0. The number of ether oxygens (including phenoxy) is 1. The van der Waals surface area contributed by atoms with Gasteiger partial charge in [-0.05, 0) is 6.92 Å². The number of rotatable bonds is 4. The molecule has 19 heavy (non-hydrogen) atoms. The molecule has 0 aromatic carbocycles. The second-order valence-corrected chi connectivity index (χ2v) is 5.07.